The van der Waals surface area contributed by atoms with Crippen molar-refractivity contribution in [1.82, 2.24) is 9.97 Å². The Morgan fingerprint density at radius 2 is 1.04 bits per heavy atom. The van der Waals surface area contributed by atoms with E-state index in [0.29, 0.717) is 10.3 Å². The van der Waals surface area contributed by atoms with Gasteiger partial charge in [0.05, 0.1) is 0 Å². The first-order chi connectivity index (χ1) is 24.8. The van der Waals surface area contributed by atoms with Gasteiger partial charge in [-0.2, -0.15) is 0 Å². The third-order valence-corrected chi connectivity index (χ3v) is 21.6. The quantitative estimate of drug-likeness (QED) is 0.153. The first kappa shape index (κ1) is 33.2. The van der Waals surface area contributed by atoms with E-state index in [4.69, 9.17) is 0 Å². The van der Waals surface area contributed by atoms with Crippen LogP contribution in [-0.4, -0.2) is 20.3 Å². The lowest BCUT2D eigenvalue weighted by molar-refractivity contribution is 0.0184. The predicted octanol–water partition coefficient (Wildman–Crippen LogP) is 11.4. The molecular weight excluding hydrogens is 654 g/mol. The fraction of sp³-hybridized carbons (Fsp3) is 0.532. The van der Waals surface area contributed by atoms with Gasteiger partial charge in [-0.05, 0) is 182 Å². The zero-order chi connectivity index (χ0) is 34.2. The molecule has 4 aromatic rings. The van der Waals surface area contributed by atoms with Crippen LogP contribution in [0.3, 0.4) is 0 Å². The summed E-state index contributed by atoms with van der Waals surface area (Å²) >= 11 is 0. The number of pyridine rings is 2. The van der Waals surface area contributed by atoms with Crippen LogP contribution < -0.4 is 10.6 Å². The second-order valence-corrected chi connectivity index (χ2v) is 24.1. The molecule has 2 aromatic carbocycles. The third-order valence-electron chi connectivity index (χ3n) is 15.2. The van der Waals surface area contributed by atoms with Gasteiger partial charge in [-0.25, -0.2) is 0 Å². The molecule has 8 bridgehead atoms. The molecule has 8 aliphatic carbocycles. The molecule has 0 atom stereocenters. The Bertz CT molecular complexity index is 1700. The Kier molecular flexibility index (Phi) is 8.38. The van der Waals surface area contributed by atoms with E-state index in [0.717, 1.165) is 41.7 Å². The average Bonchev–Trinajstić information content (AvgIpc) is 3.13. The molecule has 0 saturated heterocycles. The minimum Gasteiger partial charge on any atom is -0.264 e. The lowest BCUT2D eigenvalue weighted by Crippen LogP contribution is -2.56. The second kappa shape index (κ2) is 12.9. The third kappa shape index (κ3) is 5.98. The first-order valence-corrected chi connectivity index (χ1v) is 23.4. The van der Waals surface area contributed by atoms with Crippen LogP contribution in [0.25, 0.3) is 0 Å². The number of hydrogen-bond acceptors (Lipinski definition) is 2. The normalized spacial score (nSPS) is 33.9. The summed E-state index contributed by atoms with van der Waals surface area (Å²) in [5.41, 5.74) is 6.09. The molecule has 0 N–H and O–H groups in total. The molecule has 2 heterocycles. The summed E-state index contributed by atoms with van der Waals surface area (Å²) in [7, 11) is -0.777. The van der Waals surface area contributed by atoms with Crippen molar-refractivity contribution >= 4 is 26.5 Å². The van der Waals surface area contributed by atoms with Crippen LogP contribution in [0.5, 0.6) is 0 Å². The molecule has 8 saturated carbocycles. The molecule has 2 nitrogen and oxygen atoms in total. The van der Waals surface area contributed by atoms with Gasteiger partial charge >= 0.3 is 0 Å². The van der Waals surface area contributed by atoms with E-state index in [2.05, 4.69) is 109 Å². The van der Waals surface area contributed by atoms with Crippen molar-refractivity contribution in [2.75, 3.05) is 0 Å². The lowest BCUT2D eigenvalue weighted by atomic mass is 9.55. The smallest absolute Gasteiger partial charge is 0.0348 e. The van der Waals surface area contributed by atoms with Gasteiger partial charge in [-0.3, -0.25) is 9.97 Å². The minimum absolute atomic E-state index is 0.0650. The number of hydrogen-bond donors (Lipinski definition) is 0. The molecule has 0 amide bonds. The maximum absolute atomic E-state index is 4.65. The number of nitrogens with zero attached hydrogens (tertiary/aromatic N) is 2. The highest BCUT2D eigenvalue weighted by molar-refractivity contribution is 7.72. The maximum Gasteiger partial charge on any atom is 0.0348 e. The van der Waals surface area contributed by atoms with Crippen LogP contribution in [0.4, 0.5) is 0 Å². The molecule has 264 valence electrons. The van der Waals surface area contributed by atoms with E-state index >= 15 is 0 Å². The van der Waals surface area contributed by atoms with Gasteiger partial charge in [0, 0.05) is 36.4 Å². The summed E-state index contributed by atoms with van der Waals surface area (Å²) < 4.78 is 0. The molecule has 8 fully saturated rings. The van der Waals surface area contributed by atoms with Gasteiger partial charge in [0.25, 0.3) is 0 Å². The molecule has 12 rings (SSSR count). The summed E-state index contributed by atoms with van der Waals surface area (Å²) in [6, 6.07) is 28.0. The Morgan fingerprint density at radius 3 is 1.49 bits per heavy atom. The van der Waals surface area contributed by atoms with E-state index in [9.17, 15) is 0 Å². The van der Waals surface area contributed by atoms with Gasteiger partial charge in [-0.15, -0.1) is 0 Å². The van der Waals surface area contributed by atoms with Crippen molar-refractivity contribution in [1.29, 1.82) is 0 Å². The fourth-order valence-electron chi connectivity index (χ4n) is 13.7. The monoisotopic (exact) mass is 710 g/mol. The van der Waals surface area contributed by atoms with Gasteiger partial charge in [0.1, 0.15) is 0 Å². The number of aromatic nitrogens is 2. The van der Waals surface area contributed by atoms with Gasteiger partial charge in [0.15, 0.2) is 0 Å². The highest BCUT2D eigenvalue weighted by Crippen LogP contribution is 2.79. The van der Waals surface area contributed by atoms with E-state index in [1.165, 1.54) is 27.9 Å². The maximum atomic E-state index is 4.65. The van der Waals surface area contributed by atoms with Gasteiger partial charge in [0.2, 0.25) is 0 Å². The van der Waals surface area contributed by atoms with Crippen molar-refractivity contribution in [3.05, 3.63) is 120 Å². The highest BCUT2D eigenvalue weighted by atomic mass is 31.1. The summed E-state index contributed by atoms with van der Waals surface area (Å²) in [5, 5.41) is 3.99. The molecular formula is C47H56N2P2. The van der Waals surface area contributed by atoms with Crippen LogP contribution in [0.15, 0.2) is 97.6 Å². The molecule has 0 spiro atoms. The minimum atomic E-state index is -0.643. The predicted molar refractivity (Wildman–Crippen MR) is 216 cm³/mol. The first-order valence-electron chi connectivity index (χ1n) is 20.4. The van der Waals surface area contributed by atoms with Crippen molar-refractivity contribution < 1.29 is 0 Å². The van der Waals surface area contributed by atoms with Crippen molar-refractivity contribution in [3.8, 4) is 0 Å². The zero-order valence-electron chi connectivity index (χ0n) is 30.9. The zero-order valence-corrected chi connectivity index (χ0v) is 32.7. The average molecular weight is 711 g/mol. The van der Waals surface area contributed by atoms with Crippen LogP contribution in [0, 0.1) is 35.5 Å². The fourth-order valence-corrected chi connectivity index (χ4v) is 21.1. The van der Waals surface area contributed by atoms with Crippen LogP contribution in [0.1, 0.15) is 113 Å². The molecule has 51 heavy (non-hydrogen) atoms. The molecule has 2 aromatic heterocycles. The van der Waals surface area contributed by atoms with E-state index in [1.807, 2.05) is 12.4 Å². The molecule has 4 heteroatoms. The molecule has 8 aliphatic rings. The number of rotatable bonds is 10. The Labute approximate surface area is 309 Å². The second-order valence-electron chi connectivity index (χ2n) is 18.9. The van der Waals surface area contributed by atoms with Crippen LogP contribution >= 0.6 is 15.8 Å². The molecule has 0 radical (unpaired) electrons. The van der Waals surface area contributed by atoms with Crippen LogP contribution in [0.2, 0.25) is 0 Å². The highest BCUT2D eigenvalue weighted by Gasteiger charge is 2.62. The van der Waals surface area contributed by atoms with Gasteiger partial charge < -0.3 is 0 Å². The largest absolute Gasteiger partial charge is 0.264 e. The Hall–Kier alpha value is -2.40. The van der Waals surface area contributed by atoms with E-state index < -0.39 is 7.92 Å². The molecule has 0 aliphatic heterocycles. The molecule has 0 unspecified atom stereocenters. The summed E-state index contributed by atoms with van der Waals surface area (Å²) in [4.78, 5) is 9.30. The Morgan fingerprint density at radius 1 is 0.549 bits per heavy atom. The van der Waals surface area contributed by atoms with Crippen LogP contribution in [-0.2, 0) is 17.7 Å². The van der Waals surface area contributed by atoms with Crippen molar-refractivity contribution in [2.24, 2.45) is 35.5 Å². The summed E-state index contributed by atoms with van der Waals surface area (Å²) in [6.07, 6.45) is 29.3. The number of benzene rings is 2. The summed E-state index contributed by atoms with van der Waals surface area (Å²) in [6.45, 7) is 4.87. The SMILES string of the molecule is CC(C)(c1ccccc1)c1ccc(CP(C23CC4CC(CC(C4)C2)C3)C23CC4CC(CC(C4)C2)C3)c(CP(c2cccnc2)c2cccnc2)c1. The summed E-state index contributed by atoms with van der Waals surface area (Å²) in [5.74, 6) is 6.13. The van der Waals surface area contributed by atoms with E-state index in [-0.39, 0.29) is 13.3 Å². The van der Waals surface area contributed by atoms with Crippen molar-refractivity contribution in [2.45, 2.75) is 119 Å². The van der Waals surface area contributed by atoms with Crippen molar-refractivity contribution in [3.63, 3.8) is 0 Å². The van der Waals surface area contributed by atoms with Gasteiger partial charge in [-0.1, -0.05) is 82.4 Å². The topological polar surface area (TPSA) is 25.8 Å². The standard InChI is InChI=1S/C47H56N2P2/c1-45(2,41-8-4-3-5-9-41)42-13-12-39(40(22-42)31-50(43-10-6-14-48-29-43)44-11-7-15-49-30-44)32-51(46-23-33-16-34(24-46)18-35(17-33)25-46)47-26-36-19-37(27-47)21-38(20-36)28-47/h3-15,22,29-30,33-38H,16-21,23-28,31-32H2,1-2H3. The van der Waals surface area contributed by atoms with E-state index in [1.54, 1.807) is 88.2 Å². The Balaban J connectivity index is 1.10. The lowest BCUT2D eigenvalue weighted by Gasteiger charge is -2.67.